The van der Waals surface area contributed by atoms with Crippen LogP contribution >= 0.6 is 0 Å². The highest BCUT2D eigenvalue weighted by molar-refractivity contribution is 7.77. The Morgan fingerprint density at radius 1 is 1.25 bits per heavy atom. The molecule has 24 heavy (non-hydrogen) atoms. The van der Waals surface area contributed by atoms with Gasteiger partial charge in [-0.15, -0.1) is 0 Å². The molecule has 0 aliphatic heterocycles. The van der Waals surface area contributed by atoms with Gasteiger partial charge in [0, 0.05) is 29.3 Å². The number of benzene rings is 1. The van der Waals surface area contributed by atoms with E-state index in [1.54, 1.807) is 31.2 Å². The molecule has 3 rings (SSSR count). The van der Waals surface area contributed by atoms with Crippen molar-refractivity contribution < 1.29 is 13.2 Å². The van der Waals surface area contributed by atoms with Gasteiger partial charge in [0.15, 0.2) is 0 Å². The first-order valence-electron chi connectivity index (χ1n) is 7.10. The van der Waals surface area contributed by atoms with E-state index in [0.29, 0.717) is 27.7 Å². The van der Waals surface area contributed by atoms with Crippen molar-refractivity contribution in [2.24, 2.45) is 0 Å². The third-order valence-corrected chi connectivity index (χ3v) is 4.25. The van der Waals surface area contributed by atoms with Crippen molar-refractivity contribution in [2.45, 2.75) is 13.0 Å². The van der Waals surface area contributed by atoms with E-state index < -0.39 is 23.1 Å². The largest absolute Gasteiger partial charge is 0.307 e. The summed E-state index contributed by atoms with van der Waals surface area (Å²) in [7, 11) is 0. The molecule has 8 heteroatoms. The van der Waals surface area contributed by atoms with Crippen LogP contribution in [0.1, 0.15) is 18.5 Å². The Kier molecular flexibility index (Phi) is 4.52. The number of hydrogen-bond donors (Lipinski definition) is 3. The molecule has 124 valence electrons. The maximum absolute atomic E-state index is 14.6. The van der Waals surface area contributed by atoms with Gasteiger partial charge in [0.25, 0.3) is 0 Å². The number of nitrogens with one attached hydrogen (secondary N) is 2. The lowest BCUT2D eigenvalue weighted by molar-refractivity contribution is 0.534. The summed E-state index contributed by atoms with van der Waals surface area (Å²) >= 11 is -2.18. The van der Waals surface area contributed by atoms with Gasteiger partial charge in [0.05, 0.1) is 0 Å². The number of fused-ring (bicyclic) bond motifs is 1. The van der Waals surface area contributed by atoms with Gasteiger partial charge in [0.2, 0.25) is 16.8 Å². The zero-order valence-corrected chi connectivity index (χ0v) is 13.4. The standard InChI is InChI=1S/C16H14FN3O3S/c1-9(20-24(22)23)10-2-3-12(14(17)8-10)11-6-7-18-16-13(11)4-5-15(21)19-16/h2-9,20H,1H3,(H,22,23)(H,18,19,21)/t9-/m1/s1. The Labute approximate surface area is 139 Å². The summed E-state index contributed by atoms with van der Waals surface area (Å²) < 4.78 is 36.6. The van der Waals surface area contributed by atoms with Crippen LogP contribution in [0.4, 0.5) is 4.39 Å². The fraction of sp³-hybridized carbons (Fsp3) is 0.125. The molecule has 0 spiro atoms. The predicted molar refractivity (Wildman–Crippen MR) is 90.1 cm³/mol. The number of nitrogens with zero attached hydrogens (tertiary/aromatic N) is 1. The zero-order valence-electron chi connectivity index (χ0n) is 12.6. The molecule has 0 fully saturated rings. The summed E-state index contributed by atoms with van der Waals surface area (Å²) in [5.74, 6) is -0.469. The summed E-state index contributed by atoms with van der Waals surface area (Å²) in [5.41, 5.74) is 1.61. The lowest BCUT2D eigenvalue weighted by Crippen LogP contribution is -2.20. The van der Waals surface area contributed by atoms with Gasteiger partial charge in [-0.05, 0) is 36.2 Å². The third kappa shape index (κ3) is 3.25. The predicted octanol–water partition coefficient (Wildman–Crippen LogP) is 2.52. The molecular formula is C16H14FN3O3S. The number of aromatic nitrogens is 2. The second-order valence-corrected chi connectivity index (χ2v) is 6.01. The van der Waals surface area contributed by atoms with Gasteiger partial charge in [-0.3, -0.25) is 9.35 Å². The van der Waals surface area contributed by atoms with E-state index in [4.69, 9.17) is 4.55 Å². The van der Waals surface area contributed by atoms with Crippen LogP contribution in [0.2, 0.25) is 0 Å². The Morgan fingerprint density at radius 3 is 2.75 bits per heavy atom. The average molecular weight is 347 g/mol. The molecule has 0 saturated carbocycles. The van der Waals surface area contributed by atoms with Crippen LogP contribution in [-0.2, 0) is 11.3 Å². The Morgan fingerprint density at radius 2 is 2.04 bits per heavy atom. The molecule has 3 N–H and O–H groups in total. The van der Waals surface area contributed by atoms with Crippen molar-refractivity contribution >= 4 is 22.3 Å². The SMILES string of the molecule is C[C@@H](NS(=O)O)c1ccc(-c2ccnc3[nH]c(=O)ccc23)c(F)c1. The molecule has 0 amide bonds. The molecule has 0 radical (unpaired) electrons. The van der Waals surface area contributed by atoms with Crippen LogP contribution in [0.15, 0.2) is 47.4 Å². The second-order valence-electron chi connectivity index (χ2n) is 5.27. The third-order valence-electron chi connectivity index (χ3n) is 3.69. The number of pyridine rings is 2. The lowest BCUT2D eigenvalue weighted by atomic mass is 9.99. The van der Waals surface area contributed by atoms with Gasteiger partial charge in [0.1, 0.15) is 11.5 Å². The van der Waals surface area contributed by atoms with E-state index in [0.717, 1.165) is 0 Å². The zero-order chi connectivity index (χ0) is 17.3. The Balaban J connectivity index is 2.08. The fourth-order valence-corrected chi connectivity index (χ4v) is 2.97. The number of aromatic amines is 1. The number of rotatable bonds is 4. The molecule has 2 atom stereocenters. The van der Waals surface area contributed by atoms with E-state index >= 15 is 0 Å². The van der Waals surface area contributed by atoms with E-state index in [1.165, 1.54) is 18.3 Å². The summed E-state index contributed by atoms with van der Waals surface area (Å²) in [5, 5.41) is 0.631. The molecule has 2 aromatic heterocycles. The highest BCUT2D eigenvalue weighted by atomic mass is 32.2. The molecule has 0 bridgehead atoms. The summed E-state index contributed by atoms with van der Waals surface area (Å²) in [6.07, 6.45) is 1.50. The Hall–Kier alpha value is -2.42. The lowest BCUT2D eigenvalue weighted by Gasteiger charge is -2.13. The molecule has 3 aromatic rings. The first kappa shape index (κ1) is 16.4. The first-order valence-corrected chi connectivity index (χ1v) is 8.21. The van der Waals surface area contributed by atoms with Gasteiger partial charge in [-0.25, -0.2) is 18.3 Å². The maximum Gasteiger partial charge on any atom is 0.249 e. The number of hydrogen-bond acceptors (Lipinski definition) is 3. The van der Waals surface area contributed by atoms with Crippen LogP contribution in [-0.4, -0.2) is 18.7 Å². The highest BCUT2D eigenvalue weighted by Gasteiger charge is 2.14. The normalized spacial score (nSPS) is 13.8. The minimum absolute atomic E-state index is 0.278. The molecule has 0 saturated heterocycles. The van der Waals surface area contributed by atoms with Crippen LogP contribution in [0.3, 0.4) is 0 Å². The Bertz CT molecular complexity index is 990. The minimum Gasteiger partial charge on any atom is -0.307 e. The summed E-state index contributed by atoms with van der Waals surface area (Å²) in [6, 6.07) is 8.75. The van der Waals surface area contributed by atoms with Gasteiger partial charge in [-0.2, -0.15) is 0 Å². The van der Waals surface area contributed by atoms with Gasteiger partial charge in [-0.1, -0.05) is 12.1 Å². The minimum atomic E-state index is -2.18. The van der Waals surface area contributed by atoms with Crippen molar-refractivity contribution in [3.63, 3.8) is 0 Å². The van der Waals surface area contributed by atoms with Gasteiger partial charge < -0.3 is 4.98 Å². The van der Waals surface area contributed by atoms with E-state index in [-0.39, 0.29) is 5.56 Å². The van der Waals surface area contributed by atoms with Crippen molar-refractivity contribution in [1.82, 2.24) is 14.7 Å². The summed E-state index contributed by atoms with van der Waals surface area (Å²) in [6.45, 7) is 1.66. The van der Waals surface area contributed by atoms with Crippen LogP contribution < -0.4 is 10.3 Å². The molecular weight excluding hydrogens is 333 g/mol. The number of halogens is 1. The number of H-pyrrole nitrogens is 1. The van der Waals surface area contributed by atoms with Gasteiger partial charge >= 0.3 is 0 Å². The summed E-state index contributed by atoms with van der Waals surface area (Å²) in [4.78, 5) is 18.1. The van der Waals surface area contributed by atoms with Crippen molar-refractivity contribution in [3.05, 3.63) is 64.3 Å². The van der Waals surface area contributed by atoms with Crippen molar-refractivity contribution in [3.8, 4) is 11.1 Å². The molecule has 2 heterocycles. The van der Waals surface area contributed by atoms with Crippen molar-refractivity contribution in [1.29, 1.82) is 0 Å². The van der Waals surface area contributed by atoms with E-state index in [2.05, 4.69) is 14.7 Å². The highest BCUT2D eigenvalue weighted by Crippen LogP contribution is 2.30. The second kappa shape index (κ2) is 6.60. The molecule has 1 unspecified atom stereocenters. The average Bonchev–Trinajstić information content (AvgIpc) is 2.53. The molecule has 1 aromatic carbocycles. The van der Waals surface area contributed by atoms with E-state index in [1.807, 2.05) is 0 Å². The monoisotopic (exact) mass is 347 g/mol. The van der Waals surface area contributed by atoms with Crippen molar-refractivity contribution in [2.75, 3.05) is 0 Å². The topological polar surface area (TPSA) is 95.1 Å². The maximum atomic E-state index is 14.6. The molecule has 0 aliphatic carbocycles. The van der Waals surface area contributed by atoms with Crippen LogP contribution in [0.25, 0.3) is 22.2 Å². The van der Waals surface area contributed by atoms with E-state index in [9.17, 15) is 13.4 Å². The molecule has 6 nitrogen and oxygen atoms in total. The first-order chi connectivity index (χ1) is 11.5. The molecule has 0 aliphatic rings. The quantitative estimate of drug-likeness (QED) is 0.632. The fourth-order valence-electron chi connectivity index (χ4n) is 2.53. The van der Waals surface area contributed by atoms with Crippen LogP contribution in [0, 0.1) is 5.82 Å². The van der Waals surface area contributed by atoms with Crippen LogP contribution in [0.5, 0.6) is 0 Å². The smallest absolute Gasteiger partial charge is 0.249 e.